The van der Waals surface area contributed by atoms with E-state index in [9.17, 15) is 0 Å². The Morgan fingerprint density at radius 3 is 2.69 bits per heavy atom. The quantitative estimate of drug-likeness (QED) is 0.481. The second kappa shape index (κ2) is 8.92. The van der Waals surface area contributed by atoms with Crippen LogP contribution in [0.1, 0.15) is 13.3 Å². The van der Waals surface area contributed by atoms with Gasteiger partial charge in [-0.25, -0.2) is 0 Å². The van der Waals surface area contributed by atoms with Crippen molar-refractivity contribution in [2.24, 2.45) is 0 Å². The number of thioether (sulfide) groups is 1. The second-order valence-corrected chi connectivity index (χ2v) is 4.49. The summed E-state index contributed by atoms with van der Waals surface area (Å²) in [5, 5.41) is 0. The van der Waals surface area contributed by atoms with E-state index in [1.165, 1.54) is 12.2 Å². The van der Waals surface area contributed by atoms with E-state index in [1.54, 1.807) is 0 Å². The van der Waals surface area contributed by atoms with Gasteiger partial charge >= 0.3 is 0 Å². The van der Waals surface area contributed by atoms with Crippen LogP contribution in [0.2, 0.25) is 0 Å². The molecule has 0 rings (SSSR count). The lowest BCUT2D eigenvalue weighted by atomic mass is 10.2. The number of hydrogen-bond donors (Lipinski definition) is 0. The fraction of sp³-hybridized carbons (Fsp3) is 0.800. The van der Waals surface area contributed by atoms with Crippen molar-refractivity contribution in [2.45, 2.75) is 19.4 Å². The van der Waals surface area contributed by atoms with Crippen molar-refractivity contribution in [3.05, 3.63) is 12.2 Å². The van der Waals surface area contributed by atoms with E-state index in [4.69, 9.17) is 11.6 Å². The molecule has 3 heteroatoms. The highest BCUT2D eigenvalue weighted by molar-refractivity contribution is 7.98. The van der Waals surface area contributed by atoms with Crippen LogP contribution in [-0.2, 0) is 0 Å². The van der Waals surface area contributed by atoms with Crippen LogP contribution in [0.15, 0.2) is 12.2 Å². The number of halogens is 1. The lowest BCUT2D eigenvalue weighted by Crippen LogP contribution is -2.29. The lowest BCUT2D eigenvalue weighted by Gasteiger charge is -2.22. The average Bonchev–Trinajstić information content (AvgIpc) is 2.14. The molecule has 0 aliphatic heterocycles. The van der Waals surface area contributed by atoms with Gasteiger partial charge in [0, 0.05) is 18.5 Å². The lowest BCUT2D eigenvalue weighted by molar-refractivity contribution is 0.279. The zero-order valence-electron chi connectivity index (χ0n) is 8.79. The van der Waals surface area contributed by atoms with Gasteiger partial charge in [-0.1, -0.05) is 12.2 Å². The molecule has 1 atom stereocenters. The monoisotopic (exact) mass is 221 g/mol. The number of allylic oxidation sites excluding steroid dienone is 1. The first-order valence-corrected chi connectivity index (χ1v) is 6.55. The summed E-state index contributed by atoms with van der Waals surface area (Å²) in [4.78, 5) is 2.35. The maximum atomic E-state index is 5.54. The summed E-state index contributed by atoms with van der Waals surface area (Å²) >= 11 is 7.45. The predicted octanol–water partition coefficient (Wildman–Crippen LogP) is 2.85. The molecule has 78 valence electrons. The molecule has 0 amide bonds. The normalized spacial score (nSPS) is 14.2. The molecule has 0 bridgehead atoms. The van der Waals surface area contributed by atoms with Crippen LogP contribution < -0.4 is 0 Å². The molecule has 0 fully saturated rings. The van der Waals surface area contributed by atoms with Crippen molar-refractivity contribution >= 4 is 23.4 Å². The Labute approximate surface area is 91.5 Å². The molecule has 1 nitrogen and oxygen atoms in total. The Bertz CT molecular complexity index is 139. The Morgan fingerprint density at radius 1 is 1.46 bits per heavy atom. The molecule has 0 N–H and O–H groups in total. The molecule has 0 aromatic heterocycles. The third kappa shape index (κ3) is 7.41. The van der Waals surface area contributed by atoms with E-state index >= 15 is 0 Å². The summed E-state index contributed by atoms with van der Waals surface area (Å²) in [6, 6.07) is 0.660. The topological polar surface area (TPSA) is 3.24 Å². The first-order valence-electron chi connectivity index (χ1n) is 4.62. The van der Waals surface area contributed by atoms with Gasteiger partial charge in [0.15, 0.2) is 0 Å². The summed E-state index contributed by atoms with van der Waals surface area (Å²) in [6.45, 7) is 3.27. The molecule has 0 heterocycles. The molecule has 0 saturated carbocycles. The molecule has 0 aliphatic rings. The van der Waals surface area contributed by atoms with Gasteiger partial charge in [0.05, 0.1) is 0 Å². The van der Waals surface area contributed by atoms with Crippen LogP contribution >= 0.6 is 23.4 Å². The van der Waals surface area contributed by atoms with Crippen molar-refractivity contribution in [1.82, 2.24) is 4.90 Å². The van der Waals surface area contributed by atoms with E-state index < -0.39 is 0 Å². The Kier molecular flexibility index (Phi) is 9.15. The van der Waals surface area contributed by atoms with Crippen molar-refractivity contribution < 1.29 is 0 Å². The fourth-order valence-electron chi connectivity index (χ4n) is 0.993. The molecular weight excluding hydrogens is 202 g/mol. The second-order valence-electron chi connectivity index (χ2n) is 3.20. The van der Waals surface area contributed by atoms with Crippen LogP contribution in [0.5, 0.6) is 0 Å². The minimum atomic E-state index is 0.618. The number of hydrogen-bond acceptors (Lipinski definition) is 2. The molecular formula is C10H20ClNS. The van der Waals surface area contributed by atoms with Gasteiger partial charge in [0.2, 0.25) is 0 Å². The molecule has 0 aromatic carbocycles. The van der Waals surface area contributed by atoms with Crippen LogP contribution in [0.4, 0.5) is 0 Å². The molecule has 0 saturated heterocycles. The zero-order chi connectivity index (χ0) is 10.1. The van der Waals surface area contributed by atoms with Gasteiger partial charge in [-0.15, -0.1) is 11.6 Å². The molecule has 0 aliphatic carbocycles. The Balaban J connectivity index is 3.55. The van der Waals surface area contributed by atoms with Crippen molar-refractivity contribution in [2.75, 3.05) is 31.5 Å². The third-order valence-corrected chi connectivity index (χ3v) is 2.96. The van der Waals surface area contributed by atoms with Gasteiger partial charge < -0.3 is 4.90 Å². The predicted molar refractivity (Wildman–Crippen MR) is 65.0 cm³/mol. The highest BCUT2D eigenvalue weighted by Gasteiger charge is 2.05. The molecule has 0 aromatic rings. The highest BCUT2D eigenvalue weighted by Crippen LogP contribution is 2.05. The smallest absolute Gasteiger partial charge is 0.0404 e. The van der Waals surface area contributed by atoms with Gasteiger partial charge in [-0.2, -0.15) is 11.8 Å². The van der Waals surface area contributed by atoms with Crippen LogP contribution in [0, 0.1) is 0 Å². The van der Waals surface area contributed by atoms with Gasteiger partial charge in [0.25, 0.3) is 0 Å². The van der Waals surface area contributed by atoms with Crippen molar-refractivity contribution in [3.63, 3.8) is 0 Å². The van der Waals surface area contributed by atoms with Gasteiger partial charge in [-0.3, -0.25) is 0 Å². The summed E-state index contributed by atoms with van der Waals surface area (Å²) in [5.41, 5.74) is 0. The Hall–Kier alpha value is 0.340. The number of alkyl halides is 1. The molecule has 1 unspecified atom stereocenters. The summed E-state index contributed by atoms with van der Waals surface area (Å²) in [6.07, 6.45) is 7.54. The standard InChI is InChI=1S/C10H20ClNS/c1-10(6-9-13-3)12(2)8-5-4-7-11/h4-5,10H,6-9H2,1-3H3/b5-4+. The number of nitrogens with zero attached hydrogens (tertiary/aromatic N) is 1. The number of rotatable bonds is 7. The molecule has 0 spiro atoms. The van der Waals surface area contributed by atoms with E-state index in [0.717, 1.165) is 6.54 Å². The fourth-order valence-corrected chi connectivity index (χ4v) is 1.70. The average molecular weight is 222 g/mol. The summed E-state index contributed by atoms with van der Waals surface area (Å²) in [5.74, 6) is 1.86. The number of likely N-dealkylation sites (N-methyl/N-ethyl adjacent to an activating group) is 1. The summed E-state index contributed by atoms with van der Waals surface area (Å²) < 4.78 is 0. The minimum Gasteiger partial charge on any atom is -0.300 e. The van der Waals surface area contributed by atoms with Crippen LogP contribution in [0.25, 0.3) is 0 Å². The molecule has 0 radical (unpaired) electrons. The minimum absolute atomic E-state index is 0.618. The highest BCUT2D eigenvalue weighted by atomic mass is 35.5. The van der Waals surface area contributed by atoms with Crippen LogP contribution in [0.3, 0.4) is 0 Å². The van der Waals surface area contributed by atoms with E-state index in [1.807, 2.05) is 17.8 Å². The van der Waals surface area contributed by atoms with Crippen molar-refractivity contribution in [3.8, 4) is 0 Å². The van der Waals surface area contributed by atoms with Crippen LogP contribution in [-0.4, -0.2) is 42.4 Å². The third-order valence-electron chi connectivity index (χ3n) is 2.14. The first kappa shape index (κ1) is 13.3. The van der Waals surface area contributed by atoms with Crippen molar-refractivity contribution in [1.29, 1.82) is 0 Å². The maximum Gasteiger partial charge on any atom is 0.0404 e. The SMILES string of the molecule is CSCCC(C)N(C)C/C=C/CCl. The van der Waals surface area contributed by atoms with E-state index in [-0.39, 0.29) is 0 Å². The van der Waals surface area contributed by atoms with E-state index in [2.05, 4.69) is 31.2 Å². The maximum absolute atomic E-state index is 5.54. The van der Waals surface area contributed by atoms with Gasteiger partial charge in [-0.05, 0) is 32.4 Å². The first-order chi connectivity index (χ1) is 6.22. The van der Waals surface area contributed by atoms with Gasteiger partial charge in [0.1, 0.15) is 0 Å². The largest absolute Gasteiger partial charge is 0.300 e. The zero-order valence-corrected chi connectivity index (χ0v) is 10.4. The molecule has 13 heavy (non-hydrogen) atoms. The van der Waals surface area contributed by atoms with E-state index in [0.29, 0.717) is 11.9 Å². The Morgan fingerprint density at radius 2 is 2.15 bits per heavy atom. The summed E-state index contributed by atoms with van der Waals surface area (Å²) in [7, 11) is 2.16.